The number of benzene rings is 3. The van der Waals surface area contributed by atoms with Crippen LogP contribution in [0.4, 0.5) is 5.69 Å². The first-order valence-electron chi connectivity index (χ1n) is 11.1. The Hall–Kier alpha value is -3.84. The Morgan fingerprint density at radius 2 is 1.56 bits per heavy atom. The smallest absolute Gasteiger partial charge is 0.264 e. The molecule has 0 aliphatic carbocycles. The number of hydrogen-bond donors (Lipinski definition) is 0. The largest absolute Gasteiger partial charge is 0.348 e. The summed E-state index contributed by atoms with van der Waals surface area (Å²) in [5.41, 5.74) is 2.96. The fourth-order valence-corrected chi connectivity index (χ4v) is 5.72. The predicted molar refractivity (Wildman–Crippen MR) is 132 cm³/mol. The lowest BCUT2D eigenvalue weighted by Crippen LogP contribution is -2.42. The molecule has 0 spiro atoms. The van der Waals surface area contributed by atoms with E-state index in [1.807, 2.05) is 59.6 Å². The second kappa shape index (κ2) is 8.83. The highest BCUT2D eigenvalue weighted by Gasteiger charge is 2.33. The molecule has 6 nitrogen and oxygen atoms in total. The van der Waals surface area contributed by atoms with Crippen LogP contribution in [-0.2, 0) is 16.6 Å². The van der Waals surface area contributed by atoms with Crippen LogP contribution < -0.4 is 4.31 Å². The Balaban J connectivity index is 1.50. The number of nitrogens with zero attached hydrogens (tertiary/aromatic N) is 3. The van der Waals surface area contributed by atoms with Crippen LogP contribution in [0.15, 0.2) is 108 Å². The van der Waals surface area contributed by atoms with E-state index in [0.29, 0.717) is 24.3 Å². The predicted octanol–water partition coefficient (Wildman–Crippen LogP) is 4.56. The number of anilines is 1. The third-order valence-electron chi connectivity index (χ3n) is 6.27. The van der Waals surface area contributed by atoms with E-state index in [1.165, 1.54) is 23.5 Å². The SMILES string of the molecule is CN(c1ccccc1)S(=O)(=O)c1cccc(C(=O)N2CCn3cccc3C2c2ccccc2)c1. The minimum atomic E-state index is -3.83. The van der Waals surface area contributed by atoms with Crippen LogP contribution in [0.25, 0.3) is 0 Å². The molecule has 1 amide bonds. The molecule has 3 aromatic carbocycles. The summed E-state index contributed by atoms with van der Waals surface area (Å²) in [6, 6.07) is 28.9. The maximum atomic E-state index is 13.7. The number of rotatable bonds is 5. The summed E-state index contributed by atoms with van der Waals surface area (Å²) in [6.07, 6.45) is 2.03. The molecule has 172 valence electrons. The molecule has 0 saturated carbocycles. The Morgan fingerprint density at radius 3 is 2.29 bits per heavy atom. The highest BCUT2D eigenvalue weighted by molar-refractivity contribution is 7.92. The second-order valence-corrected chi connectivity index (χ2v) is 10.2. The number of carbonyl (C=O) groups excluding carboxylic acids is 1. The van der Waals surface area contributed by atoms with Gasteiger partial charge in [0.15, 0.2) is 0 Å². The van der Waals surface area contributed by atoms with Gasteiger partial charge in [-0.2, -0.15) is 0 Å². The average Bonchev–Trinajstić information content (AvgIpc) is 3.37. The topological polar surface area (TPSA) is 62.6 Å². The van der Waals surface area contributed by atoms with Crippen molar-refractivity contribution in [2.75, 3.05) is 17.9 Å². The lowest BCUT2D eigenvalue weighted by atomic mass is 9.99. The summed E-state index contributed by atoms with van der Waals surface area (Å²) in [6.45, 7) is 1.22. The molecule has 0 bridgehead atoms. The number of carbonyl (C=O) groups is 1. The van der Waals surface area contributed by atoms with E-state index in [2.05, 4.69) is 4.57 Å². The molecule has 0 radical (unpaired) electrons. The average molecular weight is 472 g/mol. The molecule has 2 heterocycles. The van der Waals surface area contributed by atoms with E-state index in [-0.39, 0.29) is 16.8 Å². The van der Waals surface area contributed by atoms with Crippen molar-refractivity contribution in [3.8, 4) is 0 Å². The molecule has 1 aliphatic rings. The van der Waals surface area contributed by atoms with E-state index < -0.39 is 10.0 Å². The zero-order chi connectivity index (χ0) is 23.7. The molecule has 4 aromatic rings. The van der Waals surface area contributed by atoms with Gasteiger partial charge in [-0.15, -0.1) is 0 Å². The number of sulfonamides is 1. The van der Waals surface area contributed by atoms with E-state index in [0.717, 1.165) is 11.3 Å². The summed E-state index contributed by atoms with van der Waals surface area (Å²) in [5, 5.41) is 0. The van der Waals surface area contributed by atoms with Crippen molar-refractivity contribution < 1.29 is 13.2 Å². The summed E-state index contributed by atoms with van der Waals surface area (Å²) >= 11 is 0. The molecule has 1 unspecified atom stereocenters. The number of aromatic nitrogens is 1. The van der Waals surface area contributed by atoms with Crippen molar-refractivity contribution >= 4 is 21.6 Å². The normalized spacial score (nSPS) is 15.6. The quantitative estimate of drug-likeness (QED) is 0.429. The Bertz CT molecular complexity index is 1420. The highest BCUT2D eigenvalue weighted by atomic mass is 32.2. The number of amides is 1. The minimum absolute atomic E-state index is 0.0846. The molecule has 34 heavy (non-hydrogen) atoms. The van der Waals surface area contributed by atoms with E-state index >= 15 is 0 Å². The Labute approximate surface area is 199 Å². The van der Waals surface area contributed by atoms with Crippen molar-refractivity contribution in [1.82, 2.24) is 9.47 Å². The summed E-state index contributed by atoms with van der Waals surface area (Å²) < 4.78 is 30.0. The van der Waals surface area contributed by atoms with Crippen LogP contribution >= 0.6 is 0 Å². The third kappa shape index (κ3) is 3.88. The van der Waals surface area contributed by atoms with E-state index in [9.17, 15) is 13.2 Å². The highest BCUT2D eigenvalue weighted by Crippen LogP contribution is 2.34. The van der Waals surface area contributed by atoms with Gasteiger partial charge in [-0.1, -0.05) is 54.6 Å². The number of fused-ring (bicyclic) bond motifs is 1. The summed E-state index contributed by atoms with van der Waals surface area (Å²) in [5.74, 6) is -0.194. The molecule has 1 atom stereocenters. The first-order chi connectivity index (χ1) is 16.5. The van der Waals surface area contributed by atoms with Gasteiger partial charge in [0, 0.05) is 37.6 Å². The van der Waals surface area contributed by atoms with Gasteiger partial charge in [0.05, 0.1) is 16.6 Å². The lowest BCUT2D eigenvalue weighted by Gasteiger charge is -2.37. The van der Waals surface area contributed by atoms with Crippen molar-refractivity contribution in [3.05, 3.63) is 120 Å². The standard InChI is InChI=1S/C27H25N3O3S/c1-28(23-13-6-3-7-14-23)34(32,33)24-15-8-12-22(20-24)27(31)30-19-18-29-17-9-16-25(29)26(30)21-10-4-2-5-11-21/h2-17,20,26H,18-19H2,1H3. The van der Waals surface area contributed by atoms with E-state index in [4.69, 9.17) is 0 Å². The number of para-hydroxylation sites is 1. The Kier molecular flexibility index (Phi) is 5.71. The molecule has 1 aliphatic heterocycles. The van der Waals surface area contributed by atoms with Crippen LogP contribution in [0.3, 0.4) is 0 Å². The van der Waals surface area contributed by atoms with Crippen molar-refractivity contribution in [2.24, 2.45) is 0 Å². The van der Waals surface area contributed by atoms with Crippen LogP contribution in [0.2, 0.25) is 0 Å². The fraction of sp³-hybridized carbons (Fsp3) is 0.148. The van der Waals surface area contributed by atoms with Crippen LogP contribution in [0, 0.1) is 0 Å². The maximum Gasteiger partial charge on any atom is 0.264 e. The Morgan fingerprint density at radius 1 is 0.853 bits per heavy atom. The van der Waals surface area contributed by atoms with Gasteiger partial charge in [-0.05, 0) is 48.0 Å². The third-order valence-corrected chi connectivity index (χ3v) is 8.06. The fourth-order valence-electron chi connectivity index (χ4n) is 4.48. The summed E-state index contributed by atoms with van der Waals surface area (Å²) in [4.78, 5) is 15.7. The van der Waals surface area contributed by atoms with Crippen molar-refractivity contribution in [1.29, 1.82) is 0 Å². The van der Waals surface area contributed by atoms with Gasteiger partial charge in [0.2, 0.25) is 0 Å². The summed E-state index contributed by atoms with van der Waals surface area (Å²) in [7, 11) is -2.31. The van der Waals surface area contributed by atoms with Crippen LogP contribution in [-0.4, -0.2) is 37.4 Å². The van der Waals surface area contributed by atoms with Gasteiger partial charge in [-0.3, -0.25) is 9.10 Å². The monoisotopic (exact) mass is 471 g/mol. The van der Waals surface area contributed by atoms with Crippen LogP contribution in [0.5, 0.6) is 0 Å². The van der Waals surface area contributed by atoms with Crippen LogP contribution in [0.1, 0.15) is 27.7 Å². The molecular weight excluding hydrogens is 446 g/mol. The lowest BCUT2D eigenvalue weighted by molar-refractivity contribution is 0.0664. The first kappa shape index (κ1) is 22.0. The number of hydrogen-bond acceptors (Lipinski definition) is 3. The molecule has 0 fully saturated rings. The van der Waals surface area contributed by atoms with Gasteiger partial charge in [-0.25, -0.2) is 8.42 Å². The van der Waals surface area contributed by atoms with Crippen molar-refractivity contribution in [2.45, 2.75) is 17.5 Å². The van der Waals surface area contributed by atoms with Crippen molar-refractivity contribution in [3.63, 3.8) is 0 Å². The zero-order valence-electron chi connectivity index (χ0n) is 18.8. The molecule has 7 heteroatoms. The molecule has 0 saturated heterocycles. The molecule has 1 aromatic heterocycles. The molecule has 5 rings (SSSR count). The first-order valence-corrected chi connectivity index (χ1v) is 12.6. The van der Waals surface area contributed by atoms with Gasteiger partial charge >= 0.3 is 0 Å². The maximum absolute atomic E-state index is 13.7. The second-order valence-electron chi connectivity index (χ2n) is 8.27. The molecule has 0 N–H and O–H groups in total. The zero-order valence-corrected chi connectivity index (χ0v) is 19.6. The minimum Gasteiger partial charge on any atom is -0.348 e. The van der Waals surface area contributed by atoms with Gasteiger partial charge in [0.1, 0.15) is 0 Å². The van der Waals surface area contributed by atoms with Gasteiger partial charge in [0.25, 0.3) is 15.9 Å². The van der Waals surface area contributed by atoms with E-state index in [1.54, 1.807) is 36.4 Å². The van der Waals surface area contributed by atoms with Gasteiger partial charge < -0.3 is 9.47 Å². The molecular formula is C27H25N3O3S.